The molecule has 0 bridgehead atoms. The Hall–Kier alpha value is -2.44. The average molecular weight is 425 g/mol. The zero-order valence-corrected chi connectivity index (χ0v) is 18.9. The van der Waals surface area contributed by atoms with Crippen molar-refractivity contribution in [2.75, 3.05) is 25.5 Å². The summed E-state index contributed by atoms with van der Waals surface area (Å²) in [5.41, 5.74) is 5.67. The van der Waals surface area contributed by atoms with E-state index in [9.17, 15) is 0 Å². The maximum Gasteiger partial charge on any atom is 0.225 e. The van der Waals surface area contributed by atoms with E-state index in [2.05, 4.69) is 47.2 Å². The summed E-state index contributed by atoms with van der Waals surface area (Å²) >= 11 is 6.12. The Morgan fingerprint density at radius 1 is 1.20 bits per heavy atom. The molecule has 1 fully saturated rings. The molecule has 3 heterocycles. The van der Waals surface area contributed by atoms with Crippen LogP contribution in [0.3, 0.4) is 0 Å². The van der Waals surface area contributed by atoms with Crippen LogP contribution in [-0.4, -0.2) is 45.3 Å². The molecule has 1 atom stereocenters. The number of nitrogens with zero attached hydrogens (tertiary/aromatic N) is 6. The van der Waals surface area contributed by atoms with Gasteiger partial charge in [0.15, 0.2) is 0 Å². The van der Waals surface area contributed by atoms with Gasteiger partial charge in [-0.05, 0) is 50.9 Å². The monoisotopic (exact) mass is 424 g/mol. The van der Waals surface area contributed by atoms with Gasteiger partial charge in [-0.3, -0.25) is 9.58 Å². The van der Waals surface area contributed by atoms with E-state index in [1.807, 2.05) is 42.0 Å². The van der Waals surface area contributed by atoms with E-state index in [1.165, 1.54) is 5.56 Å². The summed E-state index contributed by atoms with van der Waals surface area (Å²) in [6, 6.07) is 8.20. The fourth-order valence-electron chi connectivity index (χ4n) is 4.13. The number of benzene rings is 1. The van der Waals surface area contributed by atoms with E-state index < -0.39 is 0 Å². The highest BCUT2D eigenvalue weighted by molar-refractivity contribution is 6.30. The van der Waals surface area contributed by atoms with Gasteiger partial charge in [0.05, 0.1) is 17.4 Å². The zero-order valence-electron chi connectivity index (χ0n) is 18.1. The Morgan fingerprint density at radius 2 is 1.97 bits per heavy atom. The van der Waals surface area contributed by atoms with Crippen molar-refractivity contribution < 1.29 is 0 Å². The number of anilines is 1. The number of hydrogen-bond donors (Lipinski definition) is 0. The molecule has 0 spiro atoms. The molecule has 1 aromatic carbocycles. The van der Waals surface area contributed by atoms with Crippen LogP contribution in [0.4, 0.5) is 5.95 Å². The van der Waals surface area contributed by atoms with Gasteiger partial charge in [0, 0.05) is 55.7 Å². The lowest BCUT2D eigenvalue weighted by Crippen LogP contribution is -2.25. The minimum atomic E-state index is 0.252. The van der Waals surface area contributed by atoms with Crippen molar-refractivity contribution in [2.24, 2.45) is 0 Å². The highest BCUT2D eigenvalue weighted by atomic mass is 35.5. The molecule has 1 saturated heterocycles. The summed E-state index contributed by atoms with van der Waals surface area (Å²) < 4.78 is 2.02. The lowest BCUT2D eigenvalue weighted by Gasteiger charge is -2.26. The Kier molecular flexibility index (Phi) is 6.06. The molecule has 0 aliphatic carbocycles. The number of likely N-dealkylation sites (tertiary alicyclic amines) is 1. The van der Waals surface area contributed by atoms with E-state index in [1.54, 1.807) is 0 Å². The zero-order chi connectivity index (χ0) is 21.3. The van der Waals surface area contributed by atoms with Crippen molar-refractivity contribution in [1.82, 2.24) is 24.6 Å². The molecular weight excluding hydrogens is 396 g/mol. The van der Waals surface area contributed by atoms with E-state index in [-0.39, 0.29) is 6.04 Å². The summed E-state index contributed by atoms with van der Waals surface area (Å²) in [6.07, 6.45) is 6.38. The van der Waals surface area contributed by atoms with Crippen LogP contribution in [0.25, 0.3) is 11.1 Å². The van der Waals surface area contributed by atoms with Crippen LogP contribution in [0.15, 0.2) is 36.7 Å². The molecule has 2 aromatic heterocycles. The summed E-state index contributed by atoms with van der Waals surface area (Å²) in [7, 11) is 3.96. The van der Waals surface area contributed by atoms with Gasteiger partial charge in [0.1, 0.15) is 0 Å². The second-order valence-electron chi connectivity index (χ2n) is 8.09. The smallest absolute Gasteiger partial charge is 0.225 e. The third-order valence-corrected chi connectivity index (χ3v) is 6.04. The molecule has 0 amide bonds. The molecule has 1 aliphatic heterocycles. The van der Waals surface area contributed by atoms with E-state index >= 15 is 0 Å². The fraction of sp³-hybridized carbons (Fsp3) is 0.435. The van der Waals surface area contributed by atoms with Crippen molar-refractivity contribution in [1.29, 1.82) is 0 Å². The van der Waals surface area contributed by atoms with E-state index in [0.717, 1.165) is 66.0 Å². The molecule has 6 nitrogen and oxygen atoms in total. The lowest BCUT2D eigenvalue weighted by molar-refractivity contribution is 0.244. The Morgan fingerprint density at radius 3 is 2.63 bits per heavy atom. The van der Waals surface area contributed by atoms with Crippen LogP contribution in [0.5, 0.6) is 0 Å². The van der Waals surface area contributed by atoms with Crippen molar-refractivity contribution >= 4 is 17.5 Å². The van der Waals surface area contributed by atoms with Crippen molar-refractivity contribution in [3.63, 3.8) is 0 Å². The van der Waals surface area contributed by atoms with Gasteiger partial charge < -0.3 is 4.90 Å². The minimum absolute atomic E-state index is 0.252. The predicted octanol–water partition coefficient (Wildman–Crippen LogP) is 4.72. The van der Waals surface area contributed by atoms with Crippen molar-refractivity contribution in [3.05, 3.63) is 58.6 Å². The van der Waals surface area contributed by atoms with Gasteiger partial charge in [-0.2, -0.15) is 5.10 Å². The fourth-order valence-corrected chi connectivity index (χ4v) is 4.25. The van der Waals surface area contributed by atoms with Crippen LogP contribution < -0.4 is 4.90 Å². The van der Waals surface area contributed by atoms with Crippen LogP contribution in [-0.2, 0) is 13.1 Å². The van der Waals surface area contributed by atoms with Crippen LogP contribution in [0.2, 0.25) is 5.02 Å². The summed E-state index contributed by atoms with van der Waals surface area (Å²) in [4.78, 5) is 14.1. The lowest BCUT2D eigenvalue weighted by atomic mass is 9.99. The van der Waals surface area contributed by atoms with Gasteiger partial charge in [-0.1, -0.05) is 23.7 Å². The summed E-state index contributed by atoms with van der Waals surface area (Å²) in [6.45, 7) is 7.06. The third kappa shape index (κ3) is 4.20. The first-order chi connectivity index (χ1) is 14.5. The molecule has 0 N–H and O–H groups in total. The third-order valence-electron chi connectivity index (χ3n) is 5.79. The first kappa shape index (κ1) is 20.8. The largest absolute Gasteiger partial charge is 0.347 e. The molecule has 30 heavy (non-hydrogen) atoms. The molecule has 0 unspecified atom stereocenters. The molecule has 1 aliphatic rings. The quantitative estimate of drug-likeness (QED) is 0.572. The number of aromatic nitrogens is 4. The van der Waals surface area contributed by atoms with Gasteiger partial charge in [0.25, 0.3) is 0 Å². The maximum absolute atomic E-state index is 6.12. The number of aryl methyl sites for hydroxylation is 2. The Balaban J connectivity index is 1.71. The number of rotatable bonds is 6. The highest BCUT2D eigenvalue weighted by Gasteiger charge is 2.31. The SMILES string of the molecule is CCn1cc(CN2CCC[C@@H]2c2nc(N(C)C)ncc2-c2ccc(Cl)cc2)c(C)n1. The summed E-state index contributed by atoms with van der Waals surface area (Å²) in [5, 5.41) is 5.36. The van der Waals surface area contributed by atoms with Crippen molar-refractivity contribution in [2.45, 2.75) is 45.8 Å². The molecule has 158 valence electrons. The maximum atomic E-state index is 6.12. The minimum Gasteiger partial charge on any atom is -0.347 e. The van der Waals surface area contributed by atoms with E-state index in [4.69, 9.17) is 16.6 Å². The van der Waals surface area contributed by atoms with Crippen LogP contribution in [0, 0.1) is 6.92 Å². The predicted molar refractivity (Wildman–Crippen MR) is 122 cm³/mol. The Labute approximate surface area is 183 Å². The standard InChI is InChI=1S/C23H29ClN6/c1-5-30-15-18(16(2)27-30)14-29-12-6-7-21(29)22-20(13-25-23(26-22)28(3)4)17-8-10-19(24)11-9-17/h8-11,13,15,21H,5-7,12,14H2,1-4H3/t21-/m1/s1. The van der Waals surface area contributed by atoms with Crippen LogP contribution in [0.1, 0.15) is 42.8 Å². The van der Waals surface area contributed by atoms with E-state index in [0.29, 0.717) is 0 Å². The number of hydrogen-bond acceptors (Lipinski definition) is 5. The second kappa shape index (κ2) is 8.74. The molecular formula is C23H29ClN6. The average Bonchev–Trinajstić information content (AvgIpc) is 3.35. The van der Waals surface area contributed by atoms with Gasteiger partial charge in [-0.25, -0.2) is 9.97 Å². The molecule has 0 radical (unpaired) electrons. The summed E-state index contributed by atoms with van der Waals surface area (Å²) in [5.74, 6) is 0.740. The normalized spacial score (nSPS) is 16.9. The van der Waals surface area contributed by atoms with Crippen LogP contribution >= 0.6 is 11.6 Å². The Bertz CT molecular complexity index is 1010. The molecule has 7 heteroatoms. The first-order valence-corrected chi connectivity index (χ1v) is 10.9. The van der Waals surface area contributed by atoms with Gasteiger partial charge >= 0.3 is 0 Å². The molecule has 4 rings (SSSR count). The number of halogens is 1. The molecule has 0 saturated carbocycles. The topological polar surface area (TPSA) is 50.1 Å². The second-order valence-corrected chi connectivity index (χ2v) is 8.53. The molecule has 3 aromatic rings. The first-order valence-electron chi connectivity index (χ1n) is 10.5. The van der Waals surface area contributed by atoms with Gasteiger partial charge in [0.2, 0.25) is 5.95 Å². The van der Waals surface area contributed by atoms with Gasteiger partial charge in [-0.15, -0.1) is 0 Å². The highest BCUT2D eigenvalue weighted by Crippen LogP contribution is 2.38. The van der Waals surface area contributed by atoms with Crippen molar-refractivity contribution in [3.8, 4) is 11.1 Å².